The predicted octanol–water partition coefficient (Wildman–Crippen LogP) is 0.386. The fourth-order valence-corrected chi connectivity index (χ4v) is 0.668. The molecule has 0 radical (unpaired) electrons. The largest absolute Gasteiger partial charge is 0.256 e. The van der Waals surface area contributed by atoms with Crippen molar-refractivity contribution in [3.8, 4) is 0 Å². The first-order valence-corrected chi connectivity index (χ1v) is 2.99. The fraction of sp³-hybridized carbons (Fsp3) is 0. The van der Waals surface area contributed by atoms with Gasteiger partial charge in [0, 0.05) is 6.20 Å². The molecule has 1 aromatic heterocycles. The second kappa shape index (κ2) is 2.57. The highest BCUT2D eigenvalue weighted by Crippen LogP contribution is 1.89. The van der Waals surface area contributed by atoms with E-state index in [9.17, 15) is 4.21 Å². The second-order valence-corrected chi connectivity index (χ2v) is 1.92. The Morgan fingerprint density at radius 1 is 1.50 bits per heavy atom. The van der Waals surface area contributed by atoms with Gasteiger partial charge < -0.3 is 0 Å². The minimum absolute atomic E-state index is 0.0117. The Morgan fingerprint density at radius 3 is 2.75 bits per heavy atom. The molecule has 2 nitrogen and oxygen atoms in total. The van der Waals surface area contributed by atoms with Gasteiger partial charge in [0.25, 0.3) is 0 Å². The van der Waals surface area contributed by atoms with Crippen LogP contribution in [-0.2, 0) is 11.7 Å². The molecule has 1 heterocycles. The number of pyridine rings is 1. The van der Waals surface area contributed by atoms with Crippen LogP contribution in [-0.4, -0.2) is 9.19 Å². The predicted molar refractivity (Wildman–Crippen MR) is 32.0 cm³/mol. The lowest BCUT2D eigenvalue weighted by Crippen LogP contribution is -1.76. The van der Waals surface area contributed by atoms with Gasteiger partial charge >= 0.3 is 0 Å². The Kier molecular flexibility index (Phi) is 1.75. The van der Waals surface area contributed by atoms with E-state index in [4.69, 9.17) is 0 Å². The van der Waals surface area contributed by atoms with Crippen molar-refractivity contribution in [2.45, 2.75) is 5.03 Å². The van der Waals surface area contributed by atoms with Gasteiger partial charge in [-0.05, 0) is 12.1 Å². The standard InChI is InChI=1S/C5H5NOS/c7-8-5-3-1-2-4-6-5/h1-4,8H. The van der Waals surface area contributed by atoms with Crippen LogP contribution >= 0.6 is 0 Å². The van der Waals surface area contributed by atoms with Crippen molar-refractivity contribution >= 4 is 11.7 Å². The Balaban J connectivity index is 2.99. The summed E-state index contributed by atoms with van der Waals surface area (Å²) in [6.45, 7) is 0. The lowest BCUT2D eigenvalue weighted by atomic mass is 10.5. The van der Waals surface area contributed by atoms with Gasteiger partial charge in [0.15, 0.2) is 0 Å². The molecule has 0 aliphatic heterocycles. The van der Waals surface area contributed by atoms with Crippen LogP contribution in [0.25, 0.3) is 0 Å². The monoisotopic (exact) mass is 127 g/mol. The zero-order chi connectivity index (χ0) is 5.82. The maximum absolute atomic E-state index is 10.0. The summed E-state index contributed by atoms with van der Waals surface area (Å²) in [5, 5.41) is 0.576. The van der Waals surface area contributed by atoms with E-state index >= 15 is 0 Å². The molecule has 8 heavy (non-hydrogen) atoms. The van der Waals surface area contributed by atoms with Crippen LogP contribution in [0.1, 0.15) is 0 Å². The summed E-state index contributed by atoms with van der Waals surface area (Å²) in [6, 6.07) is 5.29. The van der Waals surface area contributed by atoms with E-state index in [0.717, 1.165) is 0 Å². The minimum Gasteiger partial charge on any atom is -0.256 e. The van der Waals surface area contributed by atoms with Gasteiger partial charge in [-0.15, -0.1) is 0 Å². The summed E-state index contributed by atoms with van der Waals surface area (Å²) in [5.41, 5.74) is 0. The van der Waals surface area contributed by atoms with Crippen molar-refractivity contribution in [3.63, 3.8) is 0 Å². The Morgan fingerprint density at radius 2 is 2.38 bits per heavy atom. The number of rotatable bonds is 1. The van der Waals surface area contributed by atoms with Gasteiger partial charge in [0.05, 0.1) is 11.7 Å². The van der Waals surface area contributed by atoms with Crippen molar-refractivity contribution < 1.29 is 4.21 Å². The maximum Gasteiger partial charge on any atom is 0.124 e. The molecular formula is C5H5NOS. The molecule has 0 atom stereocenters. The highest BCUT2D eigenvalue weighted by molar-refractivity contribution is 7.65. The summed E-state index contributed by atoms with van der Waals surface area (Å²) >= 11 is -0.0117. The van der Waals surface area contributed by atoms with E-state index in [2.05, 4.69) is 4.98 Å². The third-order valence-electron chi connectivity index (χ3n) is 0.743. The van der Waals surface area contributed by atoms with Crippen molar-refractivity contribution in [2.75, 3.05) is 0 Å². The molecule has 0 amide bonds. The van der Waals surface area contributed by atoms with Crippen LogP contribution in [0.3, 0.4) is 0 Å². The molecule has 1 rings (SSSR count). The van der Waals surface area contributed by atoms with Crippen LogP contribution < -0.4 is 0 Å². The molecule has 0 aromatic carbocycles. The van der Waals surface area contributed by atoms with E-state index in [1.807, 2.05) is 0 Å². The topological polar surface area (TPSA) is 30.0 Å². The molecule has 0 aliphatic rings. The van der Waals surface area contributed by atoms with Crippen molar-refractivity contribution in [2.24, 2.45) is 0 Å². The molecular weight excluding hydrogens is 122 g/mol. The van der Waals surface area contributed by atoms with Gasteiger partial charge in [0.2, 0.25) is 0 Å². The molecule has 0 bridgehead atoms. The molecule has 0 N–H and O–H groups in total. The lowest BCUT2D eigenvalue weighted by molar-refractivity contribution is 0.691. The van der Waals surface area contributed by atoms with Crippen LogP contribution in [0.4, 0.5) is 0 Å². The van der Waals surface area contributed by atoms with E-state index in [0.29, 0.717) is 5.03 Å². The first-order chi connectivity index (χ1) is 3.93. The van der Waals surface area contributed by atoms with Crippen molar-refractivity contribution in [1.29, 1.82) is 0 Å². The highest BCUT2D eigenvalue weighted by Gasteiger charge is 1.80. The van der Waals surface area contributed by atoms with Crippen LogP contribution in [0.5, 0.6) is 0 Å². The first kappa shape index (κ1) is 5.44. The Bertz CT molecular complexity index is 175. The summed E-state index contributed by atoms with van der Waals surface area (Å²) in [6.07, 6.45) is 1.61. The molecule has 0 saturated carbocycles. The molecule has 0 fully saturated rings. The van der Waals surface area contributed by atoms with Crippen LogP contribution in [0.2, 0.25) is 0 Å². The molecule has 3 heteroatoms. The number of nitrogens with zero attached hydrogens (tertiary/aromatic N) is 1. The minimum atomic E-state index is -0.0117. The van der Waals surface area contributed by atoms with E-state index in [1.165, 1.54) is 0 Å². The third-order valence-corrected chi connectivity index (χ3v) is 1.19. The average molecular weight is 127 g/mol. The smallest absolute Gasteiger partial charge is 0.124 e. The zero-order valence-corrected chi connectivity index (χ0v) is 5.01. The van der Waals surface area contributed by atoms with Crippen molar-refractivity contribution in [3.05, 3.63) is 24.4 Å². The number of thiol groups is 1. The van der Waals surface area contributed by atoms with Gasteiger partial charge in [-0.3, -0.25) is 4.21 Å². The van der Waals surface area contributed by atoms with Gasteiger partial charge in [0.1, 0.15) is 5.03 Å². The molecule has 0 unspecified atom stereocenters. The number of aromatic nitrogens is 1. The van der Waals surface area contributed by atoms with Gasteiger partial charge in [-0.1, -0.05) is 6.07 Å². The second-order valence-electron chi connectivity index (χ2n) is 1.28. The average Bonchev–Trinajstić information content (AvgIpc) is 1.90. The SMILES string of the molecule is O=[SH]c1ccccn1. The number of hydrogen-bond donors (Lipinski definition) is 1. The summed E-state index contributed by atoms with van der Waals surface area (Å²) in [4.78, 5) is 3.77. The lowest BCUT2D eigenvalue weighted by Gasteiger charge is -1.81. The molecule has 0 spiro atoms. The molecule has 0 aliphatic carbocycles. The molecule has 1 aromatic rings. The summed E-state index contributed by atoms with van der Waals surface area (Å²) in [5.74, 6) is 0. The van der Waals surface area contributed by atoms with Crippen LogP contribution in [0.15, 0.2) is 29.4 Å². The van der Waals surface area contributed by atoms with Crippen molar-refractivity contribution in [1.82, 2.24) is 4.98 Å². The molecule has 0 saturated heterocycles. The van der Waals surface area contributed by atoms with E-state index in [1.54, 1.807) is 24.4 Å². The Hall–Kier alpha value is -0.700. The number of hydrogen-bond acceptors (Lipinski definition) is 2. The maximum atomic E-state index is 10.0. The van der Waals surface area contributed by atoms with E-state index < -0.39 is 0 Å². The molecule has 42 valence electrons. The van der Waals surface area contributed by atoms with E-state index in [-0.39, 0.29) is 11.7 Å². The van der Waals surface area contributed by atoms with Gasteiger partial charge in [-0.25, -0.2) is 4.98 Å². The fourth-order valence-electron chi connectivity index (χ4n) is 0.408. The highest BCUT2D eigenvalue weighted by atomic mass is 32.1. The van der Waals surface area contributed by atoms with Gasteiger partial charge in [-0.2, -0.15) is 0 Å². The third kappa shape index (κ3) is 1.13. The zero-order valence-electron chi connectivity index (χ0n) is 4.11. The normalized spacial score (nSPS) is 9.00. The first-order valence-electron chi connectivity index (χ1n) is 2.18. The quantitative estimate of drug-likeness (QED) is 0.553. The summed E-state index contributed by atoms with van der Waals surface area (Å²) < 4.78 is 10.0. The summed E-state index contributed by atoms with van der Waals surface area (Å²) in [7, 11) is 0. The van der Waals surface area contributed by atoms with Crippen LogP contribution in [0, 0.1) is 0 Å². The Labute approximate surface area is 51.1 Å².